The first-order chi connectivity index (χ1) is 18.9. The Kier molecular flexibility index (Phi) is 10.5. The summed E-state index contributed by atoms with van der Waals surface area (Å²) in [5.74, 6) is 1.10. The van der Waals surface area contributed by atoms with Crippen LogP contribution in [-0.4, -0.2) is 25.1 Å². The van der Waals surface area contributed by atoms with Crippen molar-refractivity contribution in [3.05, 3.63) is 107 Å². The summed E-state index contributed by atoms with van der Waals surface area (Å²) < 4.78 is 43.8. The molecule has 4 rings (SSSR count). The van der Waals surface area contributed by atoms with Crippen molar-refractivity contribution in [2.24, 2.45) is 0 Å². The predicted molar refractivity (Wildman–Crippen MR) is 155 cm³/mol. The Hall–Kier alpha value is -3.61. The van der Waals surface area contributed by atoms with Crippen LogP contribution in [0.1, 0.15) is 68.2 Å². The van der Waals surface area contributed by atoms with Crippen LogP contribution in [0.15, 0.2) is 84.8 Å². The highest BCUT2D eigenvalue weighted by molar-refractivity contribution is 5.50. The van der Waals surface area contributed by atoms with Crippen LogP contribution in [0.3, 0.4) is 0 Å². The molecule has 216 valence electrons. The number of aliphatic hydroxyl groups is 1. The molecule has 0 heterocycles. The Morgan fingerprint density at radius 1 is 0.925 bits per heavy atom. The van der Waals surface area contributed by atoms with Gasteiger partial charge in [0.2, 0.25) is 0 Å². The number of ether oxygens (including phenoxy) is 2. The second kappa shape index (κ2) is 13.6. The molecule has 40 heavy (non-hydrogen) atoms. The summed E-state index contributed by atoms with van der Waals surface area (Å²) in [5.41, 5.74) is 6.20. The van der Waals surface area contributed by atoms with E-state index < -0.39 is 6.36 Å². The minimum atomic E-state index is -4.60. The zero-order valence-corrected chi connectivity index (χ0v) is 24.0. The van der Waals surface area contributed by atoms with Crippen molar-refractivity contribution in [2.75, 3.05) is 18.6 Å². The lowest BCUT2D eigenvalue weighted by atomic mass is 9.80. The third-order valence-corrected chi connectivity index (χ3v) is 7.04. The van der Waals surface area contributed by atoms with Crippen molar-refractivity contribution in [1.82, 2.24) is 0 Å². The third-order valence-electron chi connectivity index (χ3n) is 7.04. The molecule has 1 saturated carbocycles. The lowest BCUT2D eigenvalue weighted by Crippen LogP contribution is -2.26. The van der Waals surface area contributed by atoms with Gasteiger partial charge in [0.15, 0.2) is 0 Å². The van der Waals surface area contributed by atoms with Crippen LogP contribution >= 0.6 is 0 Å². The molecular weight excluding hydrogens is 515 g/mol. The number of halogens is 3. The molecule has 0 bridgehead atoms. The minimum Gasteiger partial charge on any atom is -0.512 e. The molecule has 4 nitrogen and oxygen atoms in total. The van der Waals surface area contributed by atoms with Crippen LogP contribution in [-0.2, 0) is 16.7 Å². The molecule has 0 aliphatic heterocycles. The lowest BCUT2D eigenvalue weighted by molar-refractivity contribution is -0.274. The zero-order chi connectivity index (χ0) is 29.3. The molecule has 1 aliphatic carbocycles. The first-order valence-electron chi connectivity index (χ1n) is 13.5. The van der Waals surface area contributed by atoms with Gasteiger partial charge in [-0.3, -0.25) is 0 Å². The number of aryl methyl sites for hydroxylation is 1. The average Bonchev–Trinajstić information content (AvgIpc) is 2.87. The summed E-state index contributed by atoms with van der Waals surface area (Å²) in [6.45, 7) is 9.76. The van der Waals surface area contributed by atoms with E-state index in [0.29, 0.717) is 12.3 Å². The Labute approximate surface area is 236 Å². The standard InChI is InChI=1S/C25H33NO2.C8H7F3O/c1-25(2,3)22-12-8-19(9-13-22)16-26(17-24(18-27)28-4)23-14-10-21(11-15-23)20-6-5-7-20;1-6-2-4-7(5-3-6)12-8(9,10)11/h8-15,18,20,27H,5-7,16-17H2,1-4H3;2-5H,1H3/b24-18+;. The van der Waals surface area contributed by atoms with Crippen LogP contribution in [0, 0.1) is 6.92 Å². The van der Waals surface area contributed by atoms with Crippen molar-refractivity contribution >= 4 is 5.69 Å². The Morgan fingerprint density at radius 2 is 1.52 bits per heavy atom. The molecular formula is C33H40F3NO3. The van der Waals surface area contributed by atoms with Gasteiger partial charge in [0.05, 0.1) is 13.7 Å². The fourth-order valence-electron chi connectivity index (χ4n) is 4.35. The molecule has 7 heteroatoms. The number of hydrogen-bond acceptors (Lipinski definition) is 4. The summed E-state index contributed by atoms with van der Waals surface area (Å²) in [5, 5.41) is 9.46. The topological polar surface area (TPSA) is 41.9 Å². The molecule has 0 atom stereocenters. The molecule has 0 saturated heterocycles. The van der Waals surface area contributed by atoms with Crippen molar-refractivity contribution < 1.29 is 27.8 Å². The highest BCUT2D eigenvalue weighted by Crippen LogP contribution is 2.37. The number of nitrogens with zero attached hydrogens (tertiary/aromatic N) is 1. The summed E-state index contributed by atoms with van der Waals surface area (Å²) in [6, 6.07) is 23.4. The summed E-state index contributed by atoms with van der Waals surface area (Å²) in [7, 11) is 1.60. The molecule has 1 fully saturated rings. The van der Waals surface area contributed by atoms with Crippen molar-refractivity contribution in [2.45, 2.75) is 71.2 Å². The average molecular weight is 556 g/mol. The number of rotatable bonds is 8. The number of methoxy groups -OCH3 is 1. The molecule has 0 spiro atoms. The lowest BCUT2D eigenvalue weighted by Gasteiger charge is -2.28. The Morgan fingerprint density at radius 3 is 1.98 bits per heavy atom. The zero-order valence-electron chi connectivity index (χ0n) is 24.0. The Balaban J connectivity index is 0.000000307. The molecule has 1 aliphatic rings. The maximum absolute atomic E-state index is 11.6. The maximum Gasteiger partial charge on any atom is 0.573 e. The van der Waals surface area contributed by atoms with Gasteiger partial charge in [0, 0.05) is 12.2 Å². The van der Waals surface area contributed by atoms with E-state index in [1.165, 1.54) is 48.1 Å². The summed E-state index contributed by atoms with van der Waals surface area (Å²) in [4.78, 5) is 2.24. The molecule has 0 radical (unpaired) electrons. The second-order valence-electron chi connectivity index (χ2n) is 11.2. The molecule has 0 unspecified atom stereocenters. The first-order valence-corrected chi connectivity index (χ1v) is 13.5. The first kappa shape index (κ1) is 30.9. The molecule has 3 aromatic rings. The molecule has 0 aromatic heterocycles. The van der Waals surface area contributed by atoms with Crippen LogP contribution in [0.25, 0.3) is 0 Å². The van der Waals surface area contributed by atoms with Gasteiger partial charge in [-0.15, -0.1) is 13.2 Å². The Bertz CT molecular complexity index is 1210. The van der Waals surface area contributed by atoms with E-state index in [1.807, 2.05) is 0 Å². The van der Waals surface area contributed by atoms with E-state index in [2.05, 4.69) is 78.9 Å². The van der Waals surface area contributed by atoms with Gasteiger partial charge in [-0.1, -0.05) is 81.3 Å². The van der Waals surface area contributed by atoms with Gasteiger partial charge in [-0.25, -0.2) is 0 Å². The largest absolute Gasteiger partial charge is 0.573 e. The summed E-state index contributed by atoms with van der Waals surface area (Å²) in [6.07, 6.45) is 0.420. The van der Waals surface area contributed by atoms with Gasteiger partial charge in [0.1, 0.15) is 17.8 Å². The normalized spacial score (nSPS) is 14.1. The number of aliphatic hydroxyl groups excluding tert-OH is 1. The van der Waals surface area contributed by atoms with Crippen LogP contribution in [0.4, 0.5) is 18.9 Å². The minimum absolute atomic E-state index is 0.151. The third kappa shape index (κ3) is 9.54. The van der Waals surface area contributed by atoms with E-state index >= 15 is 0 Å². The van der Waals surface area contributed by atoms with E-state index in [1.54, 1.807) is 26.2 Å². The molecule has 0 amide bonds. The number of hydrogen-bond donors (Lipinski definition) is 1. The molecule has 3 aromatic carbocycles. The predicted octanol–water partition coefficient (Wildman–Crippen LogP) is 9.20. The second-order valence-corrected chi connectivity index (χ2v) is 11.2. The quantitative estimate of drug-likeness (QED) is 0.281. The van der Waals surface area contributed by atoms with Crippen molar-refractivity contribution in [3.8, 4) is 5.75 Å². The highest BCUT2D eigenvalue weighted by Gasteiger charge is 2.30. The van der Waals surface area contributed by atoms with Gasteiger partial charge in [-0.05, 0) is 72.1 Å². The van der Waals surface area contributed by atoms with Gasteiger partial charge < -0.3 is 19.5 Å². The number of anilines is 1. The van der Waals surface area contributed by atoms with Gasteiger partial charge >= 0.3 is 6.36 Å². The van der Waals surface area contributed by atoms with E-state index in [-0.39, 0.29) is 11.2 Å². The van der Waals surface area contributed by atoms with Crippen molar-refractivity contribution in [1.29, 1.82) is 0 Å². The SMILES string of the molecule is CO/C(=C/O)CN(Cc1ccc(C(C)(C)C)cc1)c1ccc(C2CCC2)cc1.Cc1ccc(OC(F)(F)F)cc1. The van der Waals surface area contributed by atoms with E-state index in [4.69, 9.17) is 4.74 Å². The monoisotopic (exact) mass is 555 g/mol. The van der Waals surface area contributed by atoms with Crippen LogP contribution in [0.5, 0.6) is 5.75 Å². The fraction of sp³-hybridized carbons (Fsp3) is 0.394. The van der Waals surface area contributed by atoms with Gasteiger partial charge in [0.25, 0.3) is 0 Å². The smallest absolute Gasteiger partial charge is 0.512 e. The molecule has 1 N–H and O–H groups in total. The highest BCUT2D eigenvalue weighted by atomic mass is 19.4. The summed E-state index contributed by atoms with van der Waals surface area (Å²) >= 11 is 0. The van der Waals surface area contributed by atoms with Crippen molar-refractivity contribution in [3.63, 3.8) is 0 Å². The fourth-order valence-corrected chi connectivity index (χ4v) is 4.35. The van der Waals surface area contributed by atoms with Crippen LogP contribution < -0.4 is 9.64 Å². The van der Waals surface area contributed by atoms with Crippen LogP contribution in [0.2, 0.25) is 0 Å². The van der Waals surface area contributed by atoms with E-state index in [9.17, 15) is 18.3 Å². The van der Waals surface area contributed by atoms with Gasteiger partial charge in [-0.2, -0.15) is 0 Å². The van der Waals surface area contributed by atoms with E-state index in [0.717, 1.165) is 30.0 Å². The number of alkyl halides is 3. The number of benzene rings is 3. The maximum atomic E-state index is 11.6.